The van der Waals surface area contributed by atoms with E-state index in [2.05, 4.69) is 12.1 Å². The Bertz CT molecular complexity index is 251. The van der Waals surface area contributed by atoms with E-state index in [-0.39, 0.29) is 6.10 Å². The molecule has 0 unspecified atom stereocenters. The van der Waals surface area contributed by atoms with Crippen molar-refractivity contribution >= 4 is 0 Å². The summed E-state index contributed by atoms with van der Waals surface area (Å²) in [5, 5.41) is 9.42. The predicted molar refractivity (Wildman–Crippen MR) is 55.6 cm³/mol. The van der Waals surface area contributed by atoms with Gasteiger partial charge in [-0.2, -0.15) is 0 Å². The smallest absolute Gasteiger partial charge is 0.0724 e. The van der Waals surface area contributed by atoms with Crippen LogP contribution in [0.2, 0.25) is 0 Å². The van der Waals surface area contributed by atoms with Crippen LogP contribution in [0.25, 0.3) is 0 Å². The molecule has 0 aliphatic carbocycles. The zero-order valence-corrected chi connectivity index (χ0v) is 7.98. The standard InChI is InChI=1S/C12H16O/c1-2-6-12(13)10-9-11-7-4-3-5-8-11/h2-8,12-13H,9-10H2,1H3/b6-2-/t12-/m1/s1. The van der Waals surface area contributed by atoms with Gasteiger partial charge in [0, 0.05) is 0 Å². The van der Waals surface area contributed by atoms with Crippen LogP contribution < -0.4 is 0 Å². The summed E-state index contributed by atoms with van der Waals surface area (Å²) < 4.78 is 0. The lowest BCUT2D eigenvalue weighted by molar-refractivity contribution is 0.213. The normalized spacial score (nSPS) is 13.4. The van der Waals surface area contributed by atoms with Crippen molar-refractivity contribution in [2.24, 2.45) is 0 Å². The van der Waals surface area contributed by atoms with Gasteiger partial charge < -0.3 is 5.11 Å². The summed E-state index contributed by atoms with van der Waals surface area (Å²) >= 11 is 0. The first-order chi connectivity index (χ1) is 6.33. The Labute approximate surface area is 79.7 Å². The molecule has 0 radical (unpaired) electrons. The van der Waals surface area contributed by atoms with Crippen LogP contribution in [0, 0.1) is 0 Å². The minimum atomic E-state index is -0.301. The number of rotatable bonds is 4. The number of allylic oxidation sites excluding steroid dienone is 1. The van der Waals surface area contributed by atoms with Gasteiger partial charge in [-0.05, 0) is 25.3 Å². The molecule has 1 nitrogen and oxygen atoms in total. The quantitative estimate of drug-likeness (QED) is 0.699. The van der Waals surface area contributed by atoms with Crippen molar-refractivity contribution in [3.63, 3.8) is 0 Å². The van der Waals surface area contributed by atoms with E-state index in [1.165, 1.54) is 5.56 Å². The lowest BCUT2D eigenvalue weighted by Gasteiger charge is -2.04. The molecule has 0 saturated heterocycles. The molecule has 0 fully saturated rings. The third-order valence-electron chi connectivity index (χ3n) is 1.99. The van der Waals surface area contributed by atoms with Crippen molar-refractivity contribution in [2.45, 2.75) is 25.9 Å². The maximum Gasteiger partial charge on any atom is 0.0724 e. The van der Waals surface area contributed by atoms with E-state index in [1.807, 2.05) is 37.3 Å². The van der Waals surface area contributed by atoms with Crippen molar-refractivity contribution in [2.75, 3.05) is 0 Å². The fourth-order valence-corrected chi connectivity index (χ4v) is 1.28. The third-order valence-corrected chi connectivity index (χ3v) is 1.99. The fraction of sp³-hybridized carbons (Fsp3) is 0.333. The number of hydrogen-bond acceptors (Lipinski definition) is 1. The van der Waals surface area contributed by atoms with Crippen LogP contribution in [0.3, 0.4) is 0 Å². The SMILES string of the molecule is C/C=C\[C@@H](O)CCc1ccccc1. The first-order valence-corrected chi connectivity index (χ1v) is 4.67. The molecule has 1 aromatic rings. The molecule has 1 aromatic carbocycles. The van der Waals surface area contributed by atoms with E-state index in [9.17, 15) is 5.11 Å². The van der Waals surface area contributed by atoms with Gasteiger partial charge in [0.15, 0.2) is 0 Å². The van der Waals surface area contributed by atoms with Crippen molar-refractivity contribution in [1.29, 1.82) is 0 Å². The minimum Gasteiger partial charge on any atom is -0.389 e. The Kier molecular flexibility index (Phi) is 4.27. The monoisotopic (exact) mass is 176 g/mol. The number of aryl methyl sites for hydroxylation is 1. The molecule has 0 spiro atoms. The number of aliphatic hydroxyl groups is 1. The zero-order valence-electron chi connectivity index (χ0n) is 7.98. The van der Waals surface area contributed by atoms with E-state index in [4.69, 9.17) is 0 Å². The molecule has 13 heavy (non-hydrogen) atoms. The molecular weight excluding hydrogens is 160 g/mol. The summed E-state index contributed by atoms with van der Waals surface area (Å²) in [5.41, 5.74) is 1.28. The first-order valence-electron chi connectivity index (χ1n) is 4.67. The van der Waals surface area contributed by atoms with Crippen molar-refractivity contribution in [1.82, 2.24) is 0 Å². The number of benzene rings is 1. The number of aliphatic hydroxyl groups excluding tert-OH is 1. The second-order valence-electron chi connectivity index (χ2n) is 3.12. The van der Waals surface area contributed by atoms with Crippen LogP contribution in [-0.2, 0) is 6.42 Å². The maximum absolute atomic E-state index is 9.42. The van der Waals surface area contributed by atoms with Gasteiger partial charge in [0.05, 0.1) is 6.10 Å². The molecule has 70 valence electrons. The van der Waals surface area contributed by atoms with Gasteiger partial charge in [0.25, 0.3) is 0 Å². The average molecular weight is 176 g/mol. The Balaban J connectivity index is 2.35. The van der Waals surface area contributed by atoms with Crippen LogP contribution in [0.15, 0.2) is 42.5 Å². The van der Waals surface area contributed by atoms with Crippen LogP contribution in [0.4, 0.5) is 0 Å². The fourth-order valence-electron chi connectivity index (χ4n) is 1.28. The molecule has 0 saturated carbocycles. The van der Waals surface area contributed by atoms with E-state index in [0.29, 0.717) is 0 Å². The summed E-state index contributed by atoms with van der Waals surface area (Å²) in [6, 6.07) is 10.2. The van der Waals surface area contributed by atoms with E-state index in [0.717, 1.165) is 12.8 Å². The summed E-state index contributed by atoms with van der Waals surface area (Å²) in [4.78, 5) is 0. The van der Waals surface area contributed by atoms with Gasteiger partial charge in [0.1, 0.15) is 0 Å². The molecule has 1 rings (SSSR count). The van der Waals surface area contributed by atoms with Crippen LogP contribution in [-0.4, -0.2) is 11.2 Å². The Morgan fingerprint density at radius 3 is 2.62 bits per heavy atom. The largest absolute Gasteiger partial charge is 0.389 e. The Hall–Kier alpha value is -1.08. The predicted octanol–water partition coefficient (Wildman–Crippen LogP) is 2.56. The molecular formula is C12H16O. The summed E-state index contributed by atoms with van der Waals surface area (Å²) in [6.07, 6.45) is 5.14. The van der Waals surface area contributed by atoms with E-state index >= 15 is 0 Å². The average Bonchev–Trinajstić information content (AvgIpc) is 2.17. The van der Waals surface area contributed by atoms with Crippen LogP contribution in [0.5, 0.6) is 0 Å². The van der Waals surface area contributed by atoms with Gasteiger partial charge >= 0.3 is 0 Å². The molecule has 1 heteroatoms. The molecule has 0 bridgehead atoms. The van der Waals surface area contributed by atoms with Crippen molar-refractivity contribution in [3.05, 3.63) is 48.0 Å². The molecule has 0 amide bonds. The second-order valence-corrected chi connectivity index (χ2v) is 3.12. The highest BCUT2D eigenvalue weighted by molar-refractivity contribution is 5.14. The van der Waals surface area contributed by atoms with E-state index < -0.39 is 0 Å². The van der Waals surface area contributed by atoms with Gasteiger partial charge in [-0.25, -0.2) is 0 Å². The Morgan fingerprint density at radius 1 is 1.31 bits per heavy atom. The van der Waals surface area contributed by atoms with E-state index in [1.54, 1.807) is 0 Å². The first kappa shape index (κ1) is 10.0. The highest BCUT2D eigenvalue weighted by atomic mass is 16.3. The van der Waals surface area contributed by atoms with Gasteiger partial charge in [-0.15, -0.1) is 0 Å². The molecule has 0 aliphatic heterocycles. The third kappa shape index (κ3) is 3.90. The Morgan fingerprint density at radius 2 is 2.00 bits per heavy atom. The molecule has 1 N–H and O–H groups in total. The highest BCUT2D eigenvalue weighted by Gasteiger charge is 1.98. The molecule has 0 aromatic heterocycles. The molecule has 0 aliphatic rings. The summed E-state index contributed by atoms with van der Waals surface area (Å²) in [6.45, 7) is 1.92. The summed E-state index contributed by atoms with van der Waals surface area (Å²) in [5.74, 6) is 0. The number of hydrogen-bond donors (Lipinski definition) is 1. The maximum atomic E-state index is 9.42. The lowest BCUT2D eigenvalue weighted by Crippen LogP contribution is -2.03. The lowest BCUT2D eigenvalue weighted by atomic mass is 10.1. The van der Waals surface area contributed by atoms with Crippen molar-refractivity contribution < 1.29 is 5.11 Å². The topological polar surface area (TPSA) is 20.2 Å². The van der Waals surface area contributed by atoms with Crippen LogP contribution in [0.1, 0.15) is 18.9 Å². The molecule has 1 atom stereocenters. The van der Waals surface area contributed by atoms with Gasteiger partial charge in [-0.3, -0.25) is 0 Å². The highest BCUT2D eigenvalue weighted by Crippen LogP contribution is 2.05. The molecule has 0 heterocycles. The zero-order chi connectivity index (χ0) is 9.52. The second kappa shape index (κ2) is 5.55. The van der Waals surface area contributed by atoms with Gasteiger partial charge in [-0.1, -0.05) is 42.5 Å². The van der Waals surface area contributed by atoms with Crippen LogP contribution >= 0.6 is 0 Å². The van der Waals surface area contributed by atoms with Gasteiger partial charge in [0.2, 0.25) is 0 Å². The minimum absolute atomic E-state index is 0.301. The van der Waals surface area contributed by atoms with Crippen molar-refractivity contribution in [3.8, 4) is 0 Å². The summed E-state index contributed by atoms with van der Waals surface area (Å²) in [7, 11) is 0.